The highest BCUT2D eigenvalue weighted by atomic mass is 16.7. The lowest BCUT2D eigenvalue weighted by Gasteiger charge is -2.40. The fourth-order valence-electron chi connectivity index (χ4n) is 5.61. The van der Waals surface area contributed by atoms with E-state index in [1.807, 2.05) is 12.2 Å². The van der Waals surface area contributed by atoms with Crippen molar-refractivity contribution >= 4 is 5.91 Å². The first-order chi connectivity index (χ1) is 23.3. The number of allylic oxidation sites excluding steroid dienone is 4. The van der Waals surface area contributed by atoms with E-state index in [2.05, 4.69) is 31.3 Å². The van der Waals surface area contributed by atoms with Crippen LogP contribution in [0.2, 0.25) is 0 Å². The summed E-state index contributed by atoms with van der Waals surface area (Å²) in [5, 5.41) is 64.0. The summed E-state index contributed by atoms with van der Waals surface area (Å²) in [4.78, 5) is 12.9. The third kappa shape index (κ3) is 20.1. The van der Waals surface area contributed by atoms with Gasteiger partial charge in [0.25, 0.3) is 0 Å². The second-order valence-corrected chi connectivity index (χ2v) is 13.2. The van der Waals surface area contributed by atoms with Crippen LogP contribution >= 0.6 is 0 Å². The van der Waals surface area contributed by atoms with E-state index in [1.165, 1.54) is 83.5 Å². The molecule has 1 heterocycles. The molecule has 0 aromatic rings. The molecule has 10 heteroatoms. The summed E-state index contributed by atoms with van der Waals surface area (Å²) >= 11 is 0. The molecule has 0 aliphatic carbocycles. The zero-order valence-corrected chi connectivity index (χ0v) is 29.8. The molecule has 0 aromatic heterocycles. The Kier molecular flexibility index (Phi) is 26.9. The number of nitrogens with one attached hydrogen (secondary N) is 1. The van der Waals surface area contributed by atoms with Crippen LogP contribution in [0.3, 0.4) is 0 Å². The van der Waals surface area contributed by atoms with E-state index in [9.17, 15) is 35.4 Å². The number of ether oxygens (including phenoxy) is 2. The lowest BCUT2D eigenvalue weighted by atomic mass is 9.99. The summed E-state index contributed by atoms with van der Waals surface area (Å²) < 4.78 is 11.0. The van der Waals surface area contributed by atoms with Gasteiger partial charge in [0.15, 0.2) is 6.29 Å². The summed E-state index contributed by atoms with van der Waals surface area (Å²) in [6, 6.07) is -1.01. The number of carbonyl (C=O) groups excluding carboxylic acids is 1. The molecule has 0 spiro atoms. The molecule has 7 N–H and O–H groups in total. The van der Waals surface area contributed by atoms with Crippen LogP contribution in [0, 0.1) is 0 Å². The van der Waals surface area contributed by atoms with Crippen molar-refractivity contribution < 1.29 is 44.9 Å². The Morgan fingerprint density at radius 3 is 1.85 bits per heavy atom. The lowest BCUT2D eigenvalue weighted by molar-refractivity contribution is -0.302. The zero-order chi connectivity index (χ0) is 35.4. The maximum atomic E-state index is 12.9. The smallest absolute Gasteiger partial charge is 0.249 e. The lowest BCUT2D eigenvalue weighted by Crippen LogP contribution is -2.60. The summed E-state index contributed by atoms with van der Waals surface area (Å²) in [5.74, 6) is -0.688. The number of rotatable bonds is 29. The van der Waals surface area contributed by atoms with Crippen LogP contribution in [0.4, 0.5) is 0 Å². The number of carbonyl (C=O) groups is 1. The molecule has 1 aliphatic heterocycles. The molecule has 8 atom stereocenters. The molecule has 48 heavy (non-hydrogen) atoms. The first-order valence-corrected chi connectivity index (χ1v) is 18.8. The van der Waals surface area contributed by atoms with Crippen LogP contribution in [0.5, 0.6) is 0 Å². The monoisotopic (exact) mass is 683 g/mol. The molecule has 0 aromatic carbocycles. The van der Waals surface area contributed by atoms with Crippen molar-refractivity contribution in [3.8, 4) is 0 Å². The average Bonchev–Trinajstić information content (AvgIpc) is 3.08. The van der Waals surface area contributed by atoms with Gasteiger partial charge in [-0.3, -0.25) is 4.79 Å². The fraction of sp³-hybridized carbons (Fsp3) is 0.816. The van der Waals surface area contributed by atoms with Gasteiger partial charge in [0.05, 0.1) is 25.4 Å². The third-order valence-electron chi connectivity index (χ3n) is 8.83. The summed E-state index contributed by atoms with van der Waals surface area (Å²) in [7, 11) is 0. The minimum atomic E-state index is -1.62. The van der Waals surface area contributed by atoms with Gasteiger partial charge in [-0.05, 0) is 32.1 Å². The Bertz CT molecular complexity index is 865. The predicted octanol–water partition coefficient (Wildman–Crippen LogP) is 5.13. The normalized spacial score (nSPS) is 23.7. The van der Waals surface area contributed by atoms with E-state index in [0.717, 1.165) is 25.7 Å². The minimum Gasteiger partial charge on any atom is -0.394 e. The zero-order valence-electron chi connectivity index (χ0n) is 29.8. The van der Waals surface area contributed by atoms with Crippen LogP contribution in [-0.4, -0.2) is 98.7 Å². The van der Waals surface area contributed by atoms with Crippen molar-refractivity contribution in [3.63, 3.8) is 0 Å². The molecular weight excluding hydrogens is 614 g/mol. The molecule has 0 radical (unpaired) electrons. The van der Waals surface area contributed by atoms with Gasteiger partial charge in [0.2, 0.25) is 5.91 Å². The minimum absolute atomic E-state index is 0.0991. The van der Waals surface area contributed by atoms with Gasteiger partial charge in [-0.1, -0.05) is 134 Å². The van der Waals surface area contributed by atoms with E-state index in [4.69, 9.17) is 9.47 Å². The Morgan fingerprint density at radius 1 is 0.729 bits per heavy atom. The SMILES string of the molecule is CCCCCCCC/C=C\C/C=C\CC(O)C(=O)NC(COC1OC(CO)C(O)C(O)C1O)C(O)/C=C/CCCCCCCCCCC. The Morgan fingerprint density at radius 2 is 1.27 bits per heavy atom. The van der Waals surface area contributed by atoms with Gasteiger partial charge in [-0.15, -0.1) is 0 Å². The van der Waals surface area contributed by atoms with E-state index in [-0.39, 0.29) is 13.0 Å². The van der Waals surface area contributed by atoms with Gasteiger partial charge in [0.1, 0.15) is 30.5 Å². The molecule has 0 saturated carbocycles. The molecule has 0 bridgehead atoms. The van der Waals surface area contributed by atoms with E-state index >= 15 is 0 Å². The summed E-state index contributed by atoms with van der Waals surface area (Å²) in [5.41, 5.74) is 0. The highest BCUT2D eigenvalue weighted by Crippen LogP contribution is 2.22. The van der Waals surface area contributed by atoms with Crippen molar-refractivity contribution in [1.29, 1.82) is 0 Å². The predicted molar refractivity (Wildman–Crippen MR) is 190 cm³/mol. The van der Waals surface area contributed by atoms with Crippen molar-refractivity contribution in [3.05, 3.63) is 36.5 Å². The molecule has 280 valence electrons. The van der Waals surface area contributed by atoms with Crippen LogP contribution in [0.15, 0.2) is 36.5 Å². The molecular formula is C38H69NO9. The molecule has 8 unspecified atom stereocenters. The third-order valence-corrected chi connectivity index (χ3v) is 8.83. The van der Waals surface area contributed by atoms with Gasteiger partial charge in [0, 0.05) is 6.42 Å². The Balaban J connectivity index is 2.61. The quantitative estimate of drug-likeness (QED) is 0.0418. The van der Waals surface area contributed by atoms with E-state index in [0.29, 0.717) is 6.42 Å². The van der Waals surface area contributed by atoms with E-state index < -0.39 is 61.5 Å². The largest absolute Gasteiger partial charge is 0.394 e. The number of aliphatic hydroxyl groups is 6. The number of hydrogen-bond donors (Lipinski definition) is 7. The summed E-state index contributed by atoms with van der Waals surface area (Å²) in [6.07, 6.45) is 22.6. The average molecular weight is 684 g/mol. The number of amides is 1. The molecule has 1 rings (SSSR count). The highest BCUT2D eigenvalue weighted by molar-refractivity contribution is 5.81. The standard InChI is InChI=1S/C38H69NO9/c1-3-5-7-9-11-13-15-17-19-21-23-25-27-32(42)37(46)39-30(29-47-38-36(45)35(44)34(43)33(28-40)48-38)31(41)26-24-22-20-18-16-14-12-10-8-6-4-2/h17,19,23-26,30-36,38,40-45H,3-16,18,20-22,27-29H2,1-2H3,(H,39,46)/b19-17-,25-23-,26-24+. The molecule has 1 aliphatic rings. The van der Waals surface area contributed by atoms with Crippen LogP contribution in [-0.2, 0) is 14.3 Å². The van der Waals surface area contributed by atoms with Crippen LogP contribution in [0.25, 0.3) is 0 Å². The Hall–Kier alpha value is -1.63. The number of aliphatic hydroxyl groups excluding tert-OH is 6. The topological polar surface area (TPSA) is 169 Å². The van der Waals surface area contributed by atoms with Gasteiger partial charge in [-0.2, -0.15) is 0 Å². The molecule has 10 nitrogen and oxygen atoms in total. The van der Waals surface area contributed by atoms with Gasteiger partial charge in [-0.25, -0.2) is 0 Å². The molecule has 1 fully saturated rings. The van der Waals surface area contributed by atoms with Crippen molar-refractivity contribution in [1.82, 2.24) is 5.32 Å². The van der Waals surface area contributed by atoms with Crippen LogP contribution < -0.4 is 5.32 Å². The Labute approximate surface area is 290 Å². The maximum Gasteiger partial charge on any atom is 0.249 e. The molecule has 1 amide bonds. The molecule has 1 saturated heterocycles. The second kappa shape index (κ2) is 29.1. The van der Waals surface area contributed by atoms with Gasteiger partial charge >= 0.3 is 0 Å². The van der Waals surface area contributed by atoms with Crippen LogP contribution in [0.1, 0.15) is 136 Å². The number of unbranched alkanes of at least 4 members (excludes halogenated alkanes) is 15. The van der Waals surface area contributed by atoms with Gasteiger partial charge < -0.3 is 45.4 Å². The van der Waals surface area contributed by atoms with Crippen molar-refractivity contribution in [2.75, 3.05) is 13.2 Å². The fourth-order valence-corrected chi connectivity index (χ4v) is 5.61. The van der Waals surface area contributed by atoms with Crippen molar-refractivity contribution in [2.24, 2.45) is 0 Å². The first-order valence-electron chi connectivity index (χ1n) is 18.8. The van der Waals surface area contributed by atoms with Crippen molar-refractivity contribution in [2.45, 2.75) is 185 Å². The second-order valence-electron chi connectivity index (χ2n) is 13.2. The maximum absolute atomic E-state index is 12.9. The number of hydrogen-bond acceptors (Lipinski definition) is 9. The summed E-state index contributed by atoms with van der Waals surface area (Å²) in [6.45, 7) is 3.50. The first kappa shape index (κ1) is 44.4. The van der Waals surface area contributed by atoms with E-state index in [1.54, 1.807) is 12.2 Å². The highest BCUT2D eigenvalue weighted by Gasteiger charge is 2.44.